The van der Waals surface area contributed by atoms with Crippen molar-refractivity contribution >= 4 is 17.3 Å². The van der Waals surface area contributed by atoms with Gasteiger partial charge in [0, 0.05) is 19.6 Å². The quantitative estimate of drug-likeness (QED) is 0.696. The van der Waals surface area contributed by atoms with Crippen molar-refractivity contribution in [2.24, 2.45) is 4.99 Å². The largest absolute Gasteiger partial charge is 0.478 e. The lowest BCUT2D eigenvalue weighted by atomic mass is 10.0. The smallest absolute Gasteiger partial charge is 0.217 e. The molecular weight excluding hydrogens is 210 g/mol. The van der Waals surface area contributed by atoms with Crippen LogP contribution in [-0.2, 0) is 19.1 Å². The molecule has 5 heteroatoms. The molecule has 5 nitrogen and oxygen atoms in total. The molecule has 0 radical (unpaired) electrons. The molecule has 1 unspecified atom stereocenters. The zero-order valence-electron chi connectivity index (χ0n) is 9.65. The van der Waals surface area contributed by atoms with Gasteiger partial charge in [0.15, 0.2) is 17.7 Å². The van der Waals surface area contributed by atoms with Gasteiger partial charge in [-0.2, -0.15) is 0 Å². The summed E-state index contributed by atoms with van der Waals surface area (Å²) in [5, 5.41) is 0. The van der Waals surface area contributed by atoms with Crippen LogP contribution < -0.4 is 0 Å². The summed E-state index contributed by atoms with van der Waals surface area (Å²) in [5.41, 5.74) is 0.109. The van der Waals surface area contributed by atoms with Crippen LogP contribution in [0.25, 0.3) is 0 Å². The first-order chi connectivity index (χ1) is 7.60. The number of ketones is 2. The summed E-state index contributed by atoms with van der Waals surface area (Å²) in [6.07, 6.45) is 0.378. The van der Waals surface area contributed by atoms with Gasteiger partial charge in [0.2, 0.25) is 5.88 Å². The van der Waals surface area contributed by atoms with Crippen LogP contribution in [0.3, 0.4) is 0 Å². The Labute approximate surface area is 94.1 Å². The minimum absolute atomic E-state index is 0.109. The first-order valence-corrected chi connectivity index (χ1v) is 5.19. The first kappa shape index (κ1) is 12.6. The summed E-state index contributed by atoms with van der Waals surface area (Å²) in [6.45, 7) is 5.64. The molecule has 0 saturated carbocycles. The maximum atomic E-state index is 11.7. The molecule has 0 saturated heterocycles. The van der Waals surface area contributed by atoms with Crippen LogP contribution in [0.5, 0.6) is 0 Å². The number of Topliss-reactive ketones (excluding diaryl/α,β-unsaturated/α-hetero) is 1. The molecule has 0 fully saturated rings. The third-order valence-electron chi connectivity index (χ3n) is 1.99. The van der Waals surface area contributed by atoms with Gasteiger partial charge in [0.05, 0.1) is 6.61 Å². The minimum Gasteiger partial charge on any atom is -0.478 e. The molecule has 0 amide bonds. The zero-order chi connectivity index (χ0) is 12.1. The standard InChI is InChI=1S/C11H15NO4/c1-4-15-9-6-8(14)11(16-5-2)10(12-9)7(3)13/h6,11H,4-5H2,1-3H3. The highest BCUT2D eigenvalue weighted by Gasteiger charge is 2.31. The average Bonchev–Trinajstić information content (AvgIpc) is 2.22. The third-order valence-corrected chi connectivity index (χ3v) is 1.99. The molecule has 16 heavy (non-hydrogen) atoms. The van der Waals surface area contributed by atoms with Gasteiger partial charge in [-0.15, -0.1) is 0 Å². The molecule has 0 spiro atoms. The number of hydrogen-bond acceptors (Lipinski definition) is 5. The summed E-state index contributed by atoms with van der Waals surface area (Å²) in [4.78, 5) is 27.0. The molecule has 88 valence electrons. The van der Waals surface area contributed by atoms with Gasteiger partial charge in [-0.3, -0.25) is 9.59 Å². The number of nitrogens with zero attached hydrogens (tertiary/aromatic N) is 1. The van der Waals surface area contributed by atoms with Crippen molar-refractivity contribution in [2.45, 2.75) is 26.9 Å². The van der Waals surface area contributed by atoms with Gasteiger partial charge in [-0.1, -0.05) is 0 Å². The molecule has 1 heterocycles. The Morgan fingerprint density at radius 1 is 1.44 bits per heavy atom. The molecule has 0 aromatic heterocycles. The predicted molar refractivity (Wildman–Crippen MR) is 58.2 cm³/mol. The molecule has 0 aromatic rings. The Morgan fingerprint density at radius 3 is 2.62 bits per heavy atom. The molecule has 0 aromatic carbocycles. The van der Waals surface area contributed by atoms with E-state index in [0.29, 0.717) is 13.2 Å². The topological polar surface area (TPSA) is 65.0 Å². The Kier molecular flexibility index (Phi) is 4.37. The normalized spacial score (nSPS) is 20.2. The lowest BCUT2D eigenvalue weighted by molar-refractivity contribution is -0.123. The van der Waals surface area contributed by atoms with Crippen LogP contribution in [0, 0.1) is 0 Å². The van der Waals surface area contributed by atoms with E-state index in [4.69, 9.17) is 9.47 Å². The van der Waals surface area contributed by atoms with E-state index in [1.165, 1.54) is 13.0 Å². The van der Waals surface area contributed by atoms with E-state index >= 15 is 0 Å². The summed E-state index contributed by atoms with van der Waals surface area (Å²) in [5.74, 6) is -0.406. The minimum atomic E-state index is -0.883. The fraction of sp³-hybridized carbons (Fsp3) is 0.545. The highest BCUT2D eigenvalue weighted by Crippen LogP contribution is 2.13. The van der Waals surface area contributed by atoms with Crippen molar-refractivity contribution in [3.05, 3.63) is 12.0 Å². The lowest BCUT2D eigenvalue weighted by Gasteiger charge is -2.19. The average molecular weight is 225 g/mol. The maximum absolute atomic E-state index is 11.7. The summed E-state index contributed by atoms with van der Waals surface area (Å²) in [7, 11) is 0. The monoisotopic (exact) mass is 225 g/mol. The second-order valence-electron chi connectivity index (χ2n) is 3.21. The van der Waals surface area contributed by atoms with Crippen molar-refractivity contribution < 1.29 is 19.1 Å². The van der Waals surface area contributed by atoms with Crippen LogP contribution in [0.2, 0.25) is 0 Å². The van der Waals surface area contributed by atoms with Crippen LogP contribution in [0.4, 0.5) is 0 Å². The summed E-state index contributed by atoms with van der Waals surface area (Å²) >= 11 is 0. The van der Waals surface area contributed by atoms with Gasteiger partial charge >= 0.3 is 0 Å². The Morgan fingerprint density at radius 2 is 2.12 bits per heavy atom. The van der Waals surface area contributed by atoms with Crippen molar-refractivity contribution in [1.29, 1.82) is 0 Å². The number of aliphatic imine (C=N–C) groups is 1. The van der Waals surface area contributed by atoms with Crippen LogP contribution in [-0.4, -0.2) is 36.6 Å². The molecule has 1 rings (SSSR count). The fourth-order valence-electron chi connectivity index (χ4n) is 1.35. The number of hydrogen-bond donors (Lipinski definition) is 0. The van der Waals surface area contributed by atoms with Crippen LogP contribution >= 0.6 is 0 Å². The van der Waals surface area contributed by atoms with Gasteiger partial charge in [0.1, 0.15) is 5.71 Å². The molecule has 1 aliphatic rings. The van der Waals surface area contributed by atoms with Crippen molar-refractivity contribution in [2.75, 3.05) is 13.2 Å². The van der Waals surface area contributed by atoms with E-state index in [0.717, 1.165) is 0 Å². The van der Waals surface area contributed by atoms with Gasteiger partial charge in [0.25, 0.3) is 0 Å². The molecule has 1 aliphatic heterocycles. The van der Waals surface area contributed by atoms with Gasteiger partial charge in [-0.05, 0) is 13.8 Å². The van der Waals surface area contributed by atoms with E-state index in [1.807, 2.05) is 0 Å². The van der Waals surface area contributed by atoms with Crippen LogP contribution in [0.15, 0.2) is 17.0 Å². The first-order valence-electron chi connectivity index (χ1n) is 5.19. The van der Waals surface area contributed by atoms with E-state index in [9.17, 15) is 9.59 Å². The van der Waals surface area contributed by atoms with Crippen molar-refractivity contribution in [1.82, 2.24) is 0 Å². The predicted octanol–water partition coefficient (Wildman–Crippen LogP) is 0.882. The Hall–Kier alpha value is -1.49. The number of carbonyl (C=O) groups is 2. The van der Waals surface area contributed by atoms with Gasteiger partial charge in [-0.25, -0.2) is 4.99 Å². The maximum Gasteiger partial charge on any atom is 0.217 e. The number of ether oxygens (including phenoxy) is 2. The van der Waals surface area contributed by atoms with E-state index in [1.54, 1.807) is 13.8 Å². The Bertz CT molecular complexity index is 357. The van der Waals surface area contributed by atoms with Crippen molar-refractivity contribution in [3.8, 4) is 0 Å². The number of carbonyl (C=O) groups excluding carboxylic acids is 2. The molecule has 1 atom stereocenters. The van der Waals surface area contributed by atoms with Crippen molar-refractivity contribution in [3.63, 3.8) is 0 Å². The van der Waals surface area contributed by atoms with E-state index in [2.05, 4.69) is 4.99 Å². The highest BCUT2D eigenvalue weighted by atomic mass is 16.5. The summed E-state index contributed by atoms with van der Waals surface area (Å²) in [6, 6.07) is 0. The Balaban J connectivity index is 2.97. The second-order valence-corrected chi connectivity index (χ2v) is 3.21. The van der Waals surface area contributed by atoms with Crippen LogP contribution in [0.1, 0.15) is 20.8 Å². The highest BCUT2D eigenvalue weighted by molar-refractivity contribution is 6.46. The number of rotatable bonds is 5. The molecule has 0 bridgehead atoms. The van der Waals surface area contributed by atoms with E-state index < -0.39 is 6.10 Å². The second kappa shape index (κ2) is 5.55. The fourth-order valence-corrected chi connectivity index (χ4v) is 1.35. The third kappa shape index (κ3) is 2.76. The zero-order valence-corrected chi connectivity index (χ0v) is 9.65. The molecule has 0 N–H and O–H groups in total. The lowest BCUT2D eigenvalue weighted by Crippen LogP contribution is -2.38. The molecule has 0 aliphatic carbocycles. The summed E-state index contributed by atoms with van der Waals surface area (Å²) < 4.78 is 10.3. The van der Waals surface area contributed by atoms with E-state index in [-0.39, 0.29) is 23.2 Å². The van der Waals surface area contributed by atoms with Gasteiger partial charge < -0.3 is 9.47 Å². The molecular formula is C11H15NO4. The SMILES string of the molecule is CCOC1=CC(=O)C(OCC)C(C(C)=O)=N1.